The van der Waals surface area contributed by atoms with Gasteiger partial charge in [0.25, 0.3) is 5.91 Å². The molecule has 0 atom stereocenters. The maximum absolute atomic E-state index is 14.6. The Bertz CT molecular complexity index is 1200. The maximum atomic E-state index is 14.6. The van der Waals surface area contributed by atoms with Crippen LogP contribution in [0.2, 0.25) is 0 Å². The van der Waals surface area contributed by atoms with E-state index >= 15 is 0 Å². The third-order valence-electron chi connectivity index (χ3n) is 4.58. The first-order valence-electron chi connectivity index (χ1n) is 9.21. The van der Waals surface area contributed by atoms with Crippen LogP contribution in [-0.2, 0) is 5.67 Å². The highest BCUT2D eigenvalue weighted by Gasteiger charge is 2.75. The molecular formula is C19H9BrF14N2OS. The first kappa shape index (κ1) is 31.8. The molecule has 0 unspecified atom stereocenters. The number of nitrogens with two attached hydrogens (primary N) is 1. The molecule has 3 nitrogen and oxygen atoms in total. The summed E-state index contributed by atoms with van der Waals surface area (Å²) in [7, 11) is 0. The van der Waals surface area contributed by atoms with Gasteiger partial charge in [-0.1, -0.05) is 6.07 Å². The highest BCUT2D eigenvalue weighted by Crippen LogP contribution is 2.58. The number of rotatable bonds is 6. The van der Waals surface area contributed by atoms with Gasteiger partial charge >= 0.3 is 35.4 Å². The average Bonchev–Trinajstić information content (AvgIpc) is 2.72. The van der Waals surface area contributed by atoms with E-state index in [1.54, 1.807) is 5.32 Å². The van der Waals surface area contributed by atoms with Crippen molar-refractivity contribution < 1.29 is 66.3 Å². The maximum Gasteiger partial charge on any atom is 0.460 e. The zero-order chi connectivity index (χ0) is 29.7. The van der Waals surface area contributed by atoms with E-state index in [-0.39, 0.29) is 11.8 Å². The van der Waals surface area contributed by atoms with Crippen LogP contribution in [0.5, 0.6) is 0 Å². The molecule has 2 aromatic carbocycles. The lowest BCUT2D eigenvalue weighted by molar-refractivity contribution is -0.348. The number of nitrogen functional groups attached to an aromatic ring is 1. The topological polar surface area (TPSA) is 55.1 Å². The van der Waals surface area contributed by atoms with Crippen molar-refractivity contribution in [3.63, 3.8) is 0 Å². The molecular weight excluding hydrogens is 650 g/mol. The quantitative estimate of drug-likeness (QED) is 0.186. The number of carbonyl (C=O) groups excluding carboxylic acids is 1. The molecule has 3 N–H and O–H groups in total. The number of nitrogens with one attached hydrogen (secondary N) is 1. The molecule has 0 aromatic heterocycles. The van der Waals surface area contributed by atoms with Crippen LogP contribution in [0.4, 0.5) is 72.8 Å². The van der Waals surface area contributed by atoms with E-state index in [4.69, 9.17) is 5.73 Å². The van der Waals surface area contributed by atoms with Crippen LogP contribution in [0.3, 0.4) is 0 Å². The minimum atomic E-state index is -6.94. The fraction of sp³-hybridized carbons (Fsp3) is 0.316. The summed E-state index contributed by atoms with van der Waals surface area (Å²) in [6.07, 6.45) is -20.6. The van der Waals surface area contributed by atoms with Gasteiger partial charge < -0.3 is 11.1 Å². The van der Waals surface area contributed by atoms with Crippen molar-refractivity contribution in [2.45, 2.75) is 40.3 Å². The normalized spacial score (nSPS) is 14.0. The van der Waals surface area contributed by atoms with Crippen LogP contribution < -0.4 is 11.1 Å². The molecule has 0 aliphatic carbocycles. The lowest BCUT2D eigenvalue weighted by Gasteiger charge is -2.32. The van der Waals surface area contributed by atoms with Gasteiger partial charge in [-0.05, 0) is 58.0 Å². The number of benzene rings is 2. The second-order valence-electron chi connectivity index (χ2n) is 7.26. The van der Waals surface area contributed by atoms with E-state index in [9.17, 15) is 66.3 Å². The predicted molar refractivity (Wildman–Crippen MR) is 110 cm³/mol. The molecule has 0 radical (unpaired) electrons. The van der Waals surface area contributed by atoms with Crippen LogP contribution >= 0.6 is 27.7 Å². The molecule has 0 saturated carbocycles. The van der Waals surface area contributed by atoms with E-state index in [0.717, 1.165) is 12.1 Å². The molecule has 1 amide bonds. The fourth-order valence-corrected chi connectivity index (χ4v) is 4.36. The Kier molecular flexibility index (Phi) is 8.32. The lowest BCUT2D eigenvalue weighted by atomic mass is 9.94. The number of hydrogen-bond donors (Lipinski definition) is 2. The highest BCUT2D eigenvalue weighted by molar-refractivity contribution is 9.10. The number of alkyl halides is 14. The van der Waals surface area contributed by atoms with Gasteiger partial charge in [-0.3, -0.25) is 4.79 Å². The summed E-state index contributed by atoms with van der Waals surface area (Å²) in [5.74, 6) is -8.25. The second kappa shape index (κ2) is 9.95. The third kappa shape index (κ3) is 5.76. The van der Waals surface area contributed by atoms with Crippen molar-refractivity contribution >= 4 is 45.0 Å². The van der Waals surface area contributed by atoms with Crippen LogP contribution in [-0.4, -0.2) is 35.6 Å². The molecule has 38 heavy (non-hydrogen) atoms. The van der Waals surface area contributed by atoms with Gasteiger partial charge in [-0.25, -0.2) is 4.39 Å². The van der Waals surface area contributed by atoms with Crippen LogP contribution in [0.15, 0.2) is 45.8 Å². The summed E-state index contributed by atoms with van der Waals surface area (Å²) in [5.41, 5.74) is -5.14. The summed E-state index contributed by atoms with van der Waals surface area (Å²) in [6.45, 7) is 0. The minimum absolute atomic E-state index is 0.0735. The molecule has 2 rings (SSSR count). The van der Waals surface area contributed by atoms with Gasteiger partial charge in [-0.15, -0.1) is 0 Å². The van der Waals surface area contributed by atoms with E-state index in [2.05, 4.69) is 15.9 Å². The zero-order valence-electron chi connectivity index (χ0n) is 17.5. The fourth-order valence-electron chi connectivity index (χ4n) is 2.70. The van der Waals surface area contributed by atoms with Crippen LogP contribution in [0.1, 0.15) is 15.9 Å². The van der Waals surface area contributed by atoms with Crippen LogP contribution in [0, 0.1) is 0 Å². The van der Waals surface area contributed by atoms with Crippen molar-refractivity contribution in [1.82, 2.24) is 0 Å². The molecule has 0 heterocycles. The Balaban J connectivity index is 2.81. The van der Waals surface area contributed by atoms with E-state index in [1.807, 2.05) is 0 Å². The summed E-state index contributed by atoms with van der Waals surface area (Å²) in [5, 5.41) is -4.60. The smallest absolute Gasteiger partial charge is 0.399 e. The molecule has 0 fully saturated rings. The van der Waals surface area contributed by atoms with Crippen molar-refractivity contribution in [3.05, 3.63) is 52.0 Å². The van der Waals surface area contributed by atoms with Crippen molar-refractivity contribution in [2.24, 2.45) is 0 Å². The van der Waals surface area contributed by atoms with Crippen molar-refractivity contribution in [3.8, 4) is 0 Å². The Morgan fingerprint density at radius 1 is 0.789 bits per heavy atom. The molecule has 212 valence electrons. The lowest BCUT2D eigenvalue weighted by Crippen LogP contribution is -2.50. The van der Waals surface area contributed by atoms with Gasteiger partial charge in [0.2, 0.25) is 0 Å². The van der Waals surface area contributed by atoms with E-state index in [1.165, 1.54) is 12.1 Å². The van der Waals surface area contributed by atoms with Gasteiger partial charge in [0.05, 0.1) is 5.69 Å². The number of hydrogen-bond acceptors (Lipinski definition) is 3. The van der Waals surface area contributed by atoms with Crippen LogP contribution in [0.25, 0.3) is 0 Å². The summed E-state index contributed by atoms with van der Waals surface area (Å²) in [6, 6.07) is 3.44. The summed E-state index contributed by atoms with van der Waals surface area (Å²) in [4.78, 5) is 10.5. The molecule has 0 aliphatic rings. The Morgan fingerprint density at radius 2 is 1.32 bits per heavy atom. The summed E-state index contributed by atoms with van der Waals surface area (Å²) < 4.78 is 185. The first-order valence-corrected chi connectivity index (χ1v) is 10.8. The third-order valence-corrected chi connectivity index (χ3v) is 6.26. The predicted octanol–water partition coefficient (Wildman–Crippen LogP) is 8.46. The number of thioether (sulfide) groups is 1. The Labute approximate surface area is 214 Å². The molecule has 0 spiro atoms. The number of anilines is 2. The largest absolute Gasteiger partial charge is 0.460 e. The summed E-state index contributed by atoms with van der Waals surface area (Å²) >= 11 is 0.467. The van der Waals surface area contributed by atoms with Crippen molar-refractivity contribution in [1.29, 1.82) is 0 Å². The van der Waals surface area contributed by atoms with E-state index < -0.39 is 85.3 Å². The Morgan fingerprint density at radius 3 is 1.76 bits per heavy atom. The average molecular weight is 659 g/mol. The standard InChI is InChI=1S/C19H9BrF14N2OS/c20-10-5-8(14(21,16(24,25)26)17(27,28)29)6-11(38-19(33,34)15(22,23)18(30,31)32)12(10)36-13(37)7-2-1-3-9(35)4-7/h1-6H,35H2,(H,36,37). The molecule has 0 bridgehead atoms. The highest BCUT2D eigenvalue weighted by atomic mass is 79.9. The first-order chi connectivity index (χ1) is 16.9. The molecule has 0 saturated heterocycles. The Hall–Kier alpha value is -2.44. The zero-order valence-corrected chi connectivity index (χ0v) is 19.9. The monoisotopic (exact) mass is 658 g/mol. The second-order valence-corrected chi connectivity index (χ2v) is 9.27. The van der Waals surface area contributed by atoms with Gasteiger partial charge in [0.15, 0.2) is 0 Å². The number of amides is 1. The SMILES string of the molecule is Nc1cccc(C(=O)Nc2c(Br)cc(C(F)(C(F)(F)F)C(F)(F)F)cc2SC(F)(F)C(F)(F)C(F)(F)F)c1. The molecule has 0 aliphatic heterocycles. The molecule has 2 aromatic rings. The minimum Gasteiger partial charge on any atom is -0.399 e. The van der Waals surface area contributed by atoms with Gasteiger partial charge in [0.1, 0.15) is 0 Å². The number of halogens is 15. The van der Waals surface area contributed by atoms with Gasteiger partial charge in [-0.2, -0.15) is 57.1 Å². The van der Waals surface area contributed by atoms with Gasteiger partial charge in [0, 0.05) is 26.2 Å². The van der Waals surface area contributed by atoms with Crippen molar-refractivity contribution in [2.75, 3.05) is 11.1 Å². The van der Waals surface area contributed by atoms with E-state index in [0.29, 0.717) is 0 Å². The molecule has 19 heteroatoms. The number of carbonyl (C=O) groups is 1.